The van der Waals surface area contributed by atoms with Crippen molar-refractivity contribution < 1.29 is 9.53 Å². The molecule has 1 aliphatic carbocycles. The maximum Gasteiger partial charge on any atom is 0.408 e. The second-order valence-electron chi connectivity index (χ2n) is 4.27. The van der Waals surface area contributed by atoms with Gasteiger partial charge in [0.2, 0.25) is 0 Å². The van der Waals surface area contributed by atoms with Crippen LogP contribution in [0.2, 0.25) is 0 Å². The molecule has 0 aromatic heterocycles. The van der Waals surface area contributed by atoms with Gasteiger partial charge in [-0.05, 0) is 18.4 Å². The lowest BCUT2D eigenvalue weighted by Crippen LogP contribution is -2.32. The number of ether oxygens (including phenoxy) is 1. The number of nitrogens with one attached hydrogen (secondary N) is 1. The van der Waals surface area contributed by atoms with E-state index in [0.717, 1.165) is 18.4 Å². The number of carbonyl (C=O) groups excluding carboxylic acids is 1. The highest BCUT2D eigenvalue weighted by Gasteiger charge is 2.53. The summed E-state index contributed by atoms with van der Waals surface area (Å²) in [7, 11) is 0. The first-order valence-corrected chi connectivity index (χ1v) is 5.34. The van der Waals surface area contributed by atoms with E-state index in [1.807, 2.05) is 30.3 Å². The molecule has 1 amide bonds. The Hall–Kier alpha value is -1.51. The highest BCUT2D eigenvalue weighted by atomic mass is 16.6. The summed E-state index contributed by atoms with van der Waals surface area (Å²) in [6.07, 6.45) is 2.03. The first-order valence-electron chi connectivity index (χ1n) is 5.34. The predicted octanol–water partition coefficient (Wildman–Crippen LogP) is 2.03. The largest absolute Gasteiger partial charge is 0.436 e. The van der Waals surface area contributed by atoms with E-state index in [9.17, 15) is 4.79 Å². The van der Waals surface area contributed by atoms with Gasteiger partial charge in [-0.15, -0.1) is 0 Å². The van der Waals surface area contributed by atoms with Crippen molar-refractivity contribution in [3.8, 4) is 0 Å². The summed E-state index contributed by atoms with van der Waals surface area (Å²) < 4.78 is 5.51. The minimum absolute atomic E-state index is 0.286. The van der Waals surface area contributed by atoms with Crippen LogP contribution >= 0.6 is 0 Å². The van der Waals surface area contributed by atoms with E-state index in [4.69, 9.17) is 4.74 Å². The minimum atomic E-state index is -0.391. The third-order valence-electron chi connectivity index (χ3n) is 3.27. The zero-order valence-electron chi connectivity index (χ0n) is 8.40. The quantitative estimate of drug-likeness (QED) is 0.798. The summed E-state index contributed by atoms with van der Waals surface area (Å²) in [6.45, 7) is 0.612. The normalized spacial score (nSPS) is 29.7. The average molecular weight is 203 g/mol. The van der Waals surface area contributed by atoms with Crippen LogP contribution in [0.5, 0.6) is 0 Å². The molecule has 1 unspecified atom stereocenters. The van der Waals surface area contributed by atoms with Crippen molar-refractivity contribution in [1.29, 1.82) is 0 Å². The molecule has 1 heterocycles. The molecule has 1 saturated heterocycles. The molecule has 0 bridgehead atoms. The maximum atomic E-state index is 11.2. The highest BCUT2D eigenvalue weighted by Crippen LogP contribution is 2.49. The smallest absolute Gasteiger partial charge is 0.408 e. The lowest BCUT2D eigenvalue weighted by Gasteiger charge is -2.26. The van der Waals surface area contributed by atoms with Crippen LogP contribution in [-0.4, -0.2) is 12.6 Å². The molecule has 3 nitrogen and oxygen atoms in total. The summed E-state index contributed by atoms with van der Waals surface area (Å²) >= 11 is 0. The molecular weight excluding hydrogens is 190 g/mol. The van der Waals surface area contributed by atoms with Crippen molar-refractivity contribution >= 4 is 6.09 Å². The fourth-order valence-electron chi connectivity index (χ4n) is 2.34. The first-order chi connectivity index (χ1) is 7.31. The van der Waals surface area contributed by atoms with E-state index >= 15 is 0 Å². The van der Waals surface area contributed by atoms with Gasteiger partial charge < -0.3 is 10.1 Å². The number of hydrogen-bond donors (Lipinski definition) is 1. The van der Waals surface area contributed by atoms with Crippen LogP contribution in [0.15, 0.2) is 30.3 Å². The van der Waals surface area contributed by atoms with Crippen molar-refractivity contribution in [2.24, 2.45) is 5.92 Å². The molecule has 1 saturated carbocycles. The molecule has 1 N–H and O–H groups in total. The van der Waals surface area contributed by atoms with Gasteiger partial charge >= 0.3 is 6.09 Å². The molecule has 0 radical (unpaired) electrons. The van der Waals surface area contributed by atoms with Crippen molar-refractivity contribution in [2.75, 3.05) is 6.54 Å². The highest BCUT2D eigenvalue weighted by molar-refractivity contribution is 5.71. The Morgan fingerprint density at radius 1 is 1.27 bits per heavy atom. The monoisotopic (exact) mass is 203 g/mol. The van der Waals surface area contributed by atoms with Crippen LogP contribution in [0, 0.1) is 5.92 Å². The Morgan fingerprint density at radius 2 is 2.00 bits per heavy atom. The Kier molecular flexibility index (Phi) is 1.75. The number of cyclic esters (lactones) is 1. The second kappa shape index (κ2) is 2.99. The minimum Gasteiger partial charge on any atom is -0.436 e. The van der Waals surface area contributed by atoms with E-state index in [0.29, 0.717) is 12.5 Å². The molecule has 3 heteroatoms. The molecule has 1 atom stereocenters. The fourth-order valence-corrected chi connectivity index (χ4v) is 2.34. The van der Waals surface area contributed by atoms with Crippen LogP contribution in [0.1, 0.15) is 18.4 Å². The summed E-state index contributed by atoms with van der Waals surface area (Å²) in [5.74, 6) is 0.499. The lowest BCUT2D eigenvalue weighted by molar-refractivity contribution is 0.0350. The Bertz CT molecular complexity index is 386. The molecule has 1 aromatic rings. The van der Waals surface area contributed by atoms with Crippen LogP contribution in [0.4, 0.5) is 4.79 Å². The van der Waals surface area contributed by atoms with Gasteiger partial charge in [-0.2, -0.15) is 0 Å². The summed E-state index contributed by atoms with van der Waals surface area (Å²) in [4.78, 5) is 11.2. The van der Waals surface area contributed by atoms with E-state index in [-0.39, 0.29) is 6.09 Å². The number of carbonyl (C=O) groups is 1. The Morgan fingerprint density at radius 3 is 2.53 bits per heavy atom. The Labute approximate surface area is 88.4 Å². The fraction of sp³-hybridized carbons (Fsp3) is 0.417. The van der Waals surface area contributed by atoms with Gasteiger partial charge in [0.05, 0.1) is 6.54 Å². The molecule has 1 aromatic carbocycles. The summed E-state index contributed by atoms with van der Waals surface area (Å²) in [6, 6.07) is 10.0. The van der Waals surface area contributed by atoms with Gasteiger partial charge in [0.25, 0.3) is 0 Å². The van der Waals surface area contributed by atoms with Crippen LogP contribution in [0.3, 0.4) is 0 Å². The van der Waals surface area contributed by atoms with Crippen LogP contribution in [-0.2, 0) is 10.3 Å². The lowest BCUT2D eigenvalue weighted by atomic mass is 9.89. The van der Waals surface area contributed by atoms with Crippen LogP contribution < -0.4 is 5.32 Å². The van der Waals surface area contributed by atoms with Crippen LogP contribution in [0.25, 0.3) is 0 Å². The summed E-state index contributed by atoms with van der Waals surface area (Å²) in [5, 5.41) is 2.77. The topological polar surface area (TPSA) is 38.3 Å². The van der Waals surface area contributed by atoms with E-state index in [1.165, 1.54) is 0 Å². The van der Waals surface area contributed by atoms with Gasteiger partial charge in [-0.3, -0.25) is 0 Å². The van der Waals surface area contributed by atoms with Crippen molar-refractivity contribution in [2.45, 2.75) is 18.4 Å². The van der Waals surface area contributed by atoms with Gasteiger partial charge in [0.1, 0.15) is 0 Å². The van der Waals surface area contributed by atoms with Crippen molar-refractivity contribution in [3.05, 3.63) is 35.9 Å². The molecule has 0 spiro atoms. The molecule has 1 aliphatic heterocycles. The number of amides is 1. The molecule has 3 rings (SSSR count). The summed E-state index contributed by atoms with van der Waals surface area (Å²) in [5.41, 5.74) is 0.726. The number of rotatable bonds is 2. The van der Waals surface area contributed by atoms with Gasteiger partial charge in [-0.1, -0.05) is 30.3 Å². The third kappa shape index (κ3) is 1.30. The van der Waals surface area contributed by atoms with E-state index in [1.54, 1.807) is 0 Å². The zero-order chi connectivity index (χ0) is 10.3. The number of hydrogen-bond acceptors (Lipinski definition) is 2. The standard InChI is InChI=1S/C12H13NO2/c14-11-13-8-12(15-11,10-6-7-10)9-4-2-1-3-5-9/h1-5,10H,6-8H2,(H,13,14). The van der Waals surface area contributed by atoms with Gasteiger partial charge in [0, 0.05) is 5.92 Å². The number of alkyl carbamates (subject to hydrolysis) is 1. The average Bonchev–Trinajstić information content (AvgIpc) is 3.05. The van der Waals surface area contributed by atoms with Crippen molar-refractivity contribution in [3.63, 3.8) is 0 Å². The Balaban J connectivity index is 2.01. The molecular formula is C12H13NO2. The SMILES string of the molecule is O=C1NCC(c2ccccc2)(C2CC2)O1. The first kappa shape index (κ1) is 8.77. The molecule has 2 aliphatic rings. The van der Waals surface area contributed by atoms with Gasteiger partial charge in [-0.25, -0.2) is 4.79 Å². The number of benzene rings is 1. The zero-order valence-corrected chi connectivity index (χ0v) is 8.40. The molecule has 15 heavy (non-hydrogen) atoms. The third-order valence-corrected chi connectivity index (χ3v) is 3.27. The van der Waals surface area contributed by atoms with E-state index in [2.05, 4.69) is 5.32 Å². The molecule has 78 valence electrons. The molecule has 2 fully saturated rings. The predicted molar refractivity (Wildman–Crippen MR) is 55.3 cm³/mol. The van der Waals surface area contributed by atoms with Crippen molar-refractivity contribution in [1.82, 2.24) is 5.32 Å². The van der Waals surface area contributed by atoms with Gasteiger partial charge in [0.15, 0.2) is 5.60 Å². The second-order valence-corrected chi connectivity index (χ2v) is 4.27. The van der Waals surface area contributed by atoms with E-state index < -0.39 is 5.60 Å². The maximum absolute atomic E-state index is 11.2.